The van der Waals surface area contributed by atoms with Gasteiger partial charge in [-0.05, 0) is 31.9 Å². The van der Waals surface area contributed by atoms with E-state index in [0.29, 0.717) is 11.5 Å². The van der Waals surface area contributed by atoms with Gasteiger partial charge in [0.05, 0.1) is 0 Å². The lowest BCUT2D eigenvalue weighted by molar-refractivity contribution is -0.134. The summed E-state index contributed by atoms with van der Waals surface area (Å²) in [6, 6.07) is 7.17. The zero-order valence-corrected chi connectivity index (χ0v) is 12.0. The lowest BCUT2D eigenvalue weighted by Crippen LogP contribution is -2.52. The summed E-state index contributed by atoms with van der Waals surface area (Å²) < 4.78 is 11.4. The summed E-state index contributed by atoms with van der Waals surface area (Å²) in [5.74, 6) is 1.00. The highest BCUT2D eigenvalue weighted by molar-refractivity contribution is 5.82. The topological polar surface area (TPSA) is 67.8 Å². The molecule has 5 nitrogen and oxygen atoms in total. The molecule has 1 heterocycles. The largest absolute Gasteiger partial charge is 0.482 e. The molecule has 1 aliphatic rings. The average Bonchev–Trinajstić information content (AvgIpc) is 2.45. The lowest BCUT2D eigenvalue weighted by atomic mass is 10.0. The van der Waals surface area contributed by atoms with Crippen LogP contribution in [-0.2, 0) is 4.79 Å². The average molecular weight is 279 g/mol. The molecule has 0 aliphatic carbocycles. The molecule has 110 valence electrons. The maximum absolute atomic E-state index is 12.3. The van der Waals surface area contributed by atoms with Crippen molar-refractivity contribution in [3.05, 3.63) is 24.3 Å². The van der Waals surface area contributed by atoms with Gasteiger partial charge in [-0.2, -0.15) is 0 Å². The Morgan fingerprint density at radius 2 is 1.90 bits per heavy atom. The zero-order chi connectivity index (χ0) is 14.7. The Morgan fingerprint density at radius 1 is 1.30 bits per heavy atom. The Morgan fingerprint density at radius 3 is 2.50 bits per heavy atom. The van der Waals surface area contributed by atoms with E-state index in [1.54, 1.807) is 13.0 Å². The molecule has 0 fully saturated rings. The maximum atomic E-state index is 12.3. The van der Waals surface area contributed by atoms with Gasteiger partial charge in [0.25, 0.3) is 5.91 Å². The Balaban J connectivity index is 2.04. The number of para-hydroxylation sites is 2. The highest BCUT2D eigenvalue weighted by atomic mass is 16.6. The van der Waals surface area contributed by atoms with Crippen molar-refractivity contribution in [2.75, 3.05) is 6.61 Å². The maximum Gasteiger partial charge on any atom is 0.265 e. The molecular weight excluding hydrogens is 258 g/mol. The molecule has 1 aromatic carbocycles. The third kappa shape index (κ3) is 3.04. The van der Waals surface area contributed by atoms with Crippen molar-refractivity contribution in [2.45, 2.75) is 39.0 Å². The number of hydrogen-bond acceptors (Lipinski definition) is 4. The molecule has 4 atom stereocenters. The standard InChI is InChI=1S/C15H21NO4/c1-9(8-17)10(2)16-15(18)14-11(3)19-12-6-4-5-7-13(12)20-14/h4-7,9-11,14,17H,8H2,1-3H3,(H,16,18). The van der Waals surface area contributed by atoms with Crippen molar-refractivity contribution in [1.82, 2.24) is 5.32 Å². The fourth-order valence-corrected chi connectivity index (χ4v) is 2.01. The fraction of sp³-hybridized carbons (Fsp3) is 0.533. The van der Waals surface area contributed by atoms with E-state index in [2.05, 4.69) is 5.32 Å². The summed E-state index contributed by atoms with van der Waals surface area (Å²) in [6.45, 7) is 5.57. The molecule has 5 heteroatoms. The summed E-state index contributed by atoms with van der Waals surface area (Å²) in [6.07, 6.45) is -1.04. The SMILES string of the molecule is CC(CO)C(C)NC(=O)C1Oc2ccccc2OC1C. The van der Waals surface area contributed by atoms with Crippen molar-refractivity contribution in [1.29, 1.82) is 0 Å². The summed E-state index contributed by atoms with van der Waals surface area (Å²) in [7, 11) is 0. The smallest absolute Gasteiger partial charge is 0.265 e. The van der Waals surface area contributed by atoms with Crippen LogP contribution < -0.4 is 14.8 Å². The van der Waals surface area contributed by atoms with Crippen molar-refractivity contribution in [2.24, 2.45) is 5.92 Å². The molecule has 0 bridgehead atoms. The molecule has 1 aliphatic heterocycles. The molecule has 20 heavy (non-hydrogen) atoms. The van der Waals surface area contributed by atoms with Crippen LogP contribution in [0.25, 0.3) is 0 Å². The fourth-order valence-electron chi connectivity index (χ4n) is 2.01. The van der Waals surface area contributed by atoms with E-state index >= 15 is 0 Å². The van der Waals surface area contributed by atoms with Crippen molar-refractivity contribution in [3.63, 3.8) is 0 Å². The Kier molecular flexibility index (Phi) is 4.49. The van der Waals surface area contributed by atoms with Gasteiger partial charge < -0.3 is 19.9 Å². The van der Waals surface area contributed by atoms with E-state index < -0.39 is 6.10 Å². The van der Waals surface area contributed by atoms with E-state index in [4.69, 9.17) is 14.6 Å². The minimum Gasteiger partial charge on any atom is -0.482 e. The summed E-state index contributed by atoms with van der Waals surface area (Å²) >= 11 is 0. The van der Waals surface area contributed by atoms with Gasteiger partial charge in [-0.25, -0.2) is 0 Å². The van der Waals surface area contributed by atoms with Crippen molar-refractivity contribution >= 4 is 5.91 Å². The van der Waals surface area contributed by atoms with Gasteiger partial charge in [-0.15, -0.1) is 0 Å². The van der Waals surface area contributed by atoms with Crippen LogP contribution in [0.5, 0.6) is 11.5 Å². The van der Waals surface area contributed by atoms with Crippen LogP contribution in [0.1, 0.15) is 20.8 Å². The normalized spacial score (nSPS) is 23.8. The summed E-state index contributed by atoms with van der Waals surface area (Å²) in [4.78, 5) is 12.3. The van der Waals surface area contributed by atoms with Crippen LogP contribution in [0.15, 0.2) is 24.3 Å². The highest BCUT2D eigenvalue weighted by Gasteiger charge is 2.34. The third-order valence-electron chi connectivity index (χ3n) is 3.61. The first-order valence-corrected chi connectivity index (χ1v) is 6.86. The van der Waals surface area contributed by atoms with Gasteiger partial charge in [0.15, 0.2) is 11.5 Å². The first-order valence-electron chi connectivity index (χ1n) is 6.86. The Bertz CT molecular complexity index is 477. The molecule has 1 amide bonds. The predicted octanol–water partition coefficient (Wildman–Crippen LogP) is 1.35. The second-order valence-electron chi connectivity index (χ2n) is 5.27. The van der Waals surface area contributed by atoms with E-state index in [1.165, 1.54) is 0 Å². The Labute approximate surface area is 118 Å². The number of aliphatic hydroxyl groups is 1. The first-order chi connectivity index (χ1) is 9.52. The lowest BCUT2D eigenvalue weighted by Gasteiger charge is -2.32. The van der Waals surface area contributed by atoms with Crippen LogP contribution in [-0.4, -0.2) is 35.9 Å². The van der Waals surface area contributed by atoms with Crippen LogP contribution in [0, 0.1) is 5.92 Å². The number of ether oxygens (including phenoxy) is 2. The van der Waals surface area contributed by atoms with Crippen molar-refractivity contribution in [3.8, 4) is 11.5 Å². The van der Waals surface area contributed by atoms with Gasteiger partial charge in [0, 0.05) is 12.6 Å². The van der Waals surface area contributed by atoms with Gasteiger partial charge in [-0.3, -0.25) is 4.79 Å². The molecule has 0 spiro atoms. The second kappa shape index (κ2) is 6.13. The molecular formula is C15H21NO4. The van der Waals surface area contributed by atoms with Crippen molar-refractivity contribution < 1.29 is 19.4 Å². The summed E-state index contributed by atoms with van der Waals surface area (Å²) in [5, 5.41) is 12.0. The monoisotopic (exact) mass is 279 g/mol. The van der Waals surface area contributed by atoms with E-state index in [1.807, 2.05) is 32.0 Å². The number of hydrogen-bond donors (Lipinski definition) is 2. The quantitative estimate of drug-likeness (QED) is 0.873. The van der Waals surface area contributed by atoms with Gasteiger partial charge >= 0.3 is 0 Å². The van der Waals surface area contributed by atoms with Crippen LogP contribution in [0.2, 0.25) is 0 Å². The molecule has 0 saturated heterocycles. The number of benzene rings is 1. The van der Waals surface area contributed by atoms with Crippen LogP contribution in [0.3, 0.4) is 0 Å². The molecule has 0 saturated carbocycles. The van der Waals surface area contributed by atoms with E-state index in [9.17, 15) is 4.79 Å². The van der Waals surface area contributed by atoms with E-state index in [-0.39, 0.29) is 30.6 Å². The molecule has 0 aromatic heterocycles. The van der Waals surface area contributed by atoms with Crippen LogP contribution in [0.4, 0.5) is 0 Å². The third-order valence-corrected chi connectivity index (χ3v) is 3.61. The number of amides is 1. The highest BCUT2D eigenvalue weighted by Crippen LogP contribution is 2.33. The Hall–Kier alpha value is -1.75. The van der Waals surface area contributed by atoms with E-state index in [0.717, 1.165) is 0 Å². The predicted molar refractivity (Wildman–Crippen MR) is 74.8 cm³/mol. The number of aliphatic hydroxyl groups excluding tert-OH is 1. The number of rotatable bonds is 4. The molecule has 4 unspecified atom stereocenters. The number of carbonyl (C=O) groups excluding carboxylic acids is 1. The molecule has 2 N–H and O–H groups in total. The zero-order valence-electron chi connectivity index (χ0n) is 12.0. The minimum atomic E-state index is -0.682. The van der Waals surface area contributed by atoms with Crippen LogP contribution >= 0.6 is 0 Å². The number of nitrogens with one attached hydrogen (secondary N) is 1. The molecule has 2 rings (SSSR count). The summed E-state index contributed by atoms with van der Waals surface area (Å²) in [5.41, 5.74) is 0. The second-order valence-corrected chi connectivity index (χ2v) is 5.27. The van der Waals surface area contributed by atoms with Gasteiger partial charge in [0.1, 0.15) is 6.10 Å². The van der Waals surface area contributed by atoms with Gasteiger partial charge in [-0.1, -0.05) is 19.1 Å². The first kappa shape index (κ1) is 14.7. The number of fused-ring (bicyclic) bond motifs is 1. The number of carbonyl (C=O) groups is 1. The molecule has 0 radical (unpaired) electrons. The molecule has 1 aromatic rings. The minimum absolute atomic E-state index is 0.00829. The van der Waals surface area contributed by atoms with Gasteiger partial charge in [0.2, 0.25) is 6.10 Å².